The van der Waals surface area contributed by atoms with Gasteiger partial charge in [0.15, 0.2) is 0 Å². The van der Waals surface area contributed by atoms with E-state index in [1.807, 2.05) is 12.1 Å². The number of amides is 2. The molecule has 43 heavy (non-hydrogen) atoms. The highest BCUT2D eigenvalue weighted by atomic mass is 19.1. The fraction of sp³-hybridized carbons (Fsp3) is 0.588. The van der Waals surface area contributed by atoms with E-state index in [9.17, 15) is 9.59 Å². The molecule has 3 saturated heterocycles. The van der Waals surface area contributed by atoms with Crippen molar-refractivity contribution in [1.29, 1.82) is 0 Å². The number of ether oxygens (including phenoxy) is 1. The van der Waals surface area contributed by atoms with Gasteiger partial charge in [0.1, 0.15) is 5.82 Å². The van der Waals surface area contributed by atoms with Gasteiger partial charge in [0.2, 0.25) is 5.91 Å². The highest BCUT2D eigenvalue weighted by Gasteiger charge is 2.51. The van der Waals surface area contributed by atoms with Gasteiger partial charge in [0, 0.05) is 36.3 Å². The Morgan fingerprint density at radius 2 is 1.77 bits per heavy atom. The maximum atomic E-state index is 15.3. The van der Waals surface area contributed by atoms with Crippen molar-refractivity contribution in [1.82, 2.24) is 21.1 Å². The number of nitrogens with zero attached hydrogens (tertiary/aromatic N) is 1. The quantitative estimate of drug-likeness (QED) is 0.398. The molecule has 3 heterocycles. The summed E-state index contributed by atoms with van der Waals surface area (Å²) in [6, 6.07) is 13.3. The zero-order chi connectivity index (χ0) is 29.5. The molecule has 5 aliphatic rings. The van der Waals surface area contributed by atoms with E-state index in [1.165, 1.54) is 31.7 Å². The highest BCUT2D eigenvalue weighted by Crippen LogP contribution is 2.46. The lowest BCUT2D eigenvalue weighted by Crippen LogP contribution is -2.57. The van der Waals surface area contributed by atoms with E-state index in [2.05, 4.69) is 33.6 Å². The Balaban J connectivity index is 1.22. The van der Waals surface area contributed by atoms with Gasteiger partial charge < -0.3 is 20.3 Å². The maximum absolute atomic E-state index is 15.3. The second-order valence-corrected chi connectivity index (χ2v) is 13.5. The Hall–Kier alpha value is -3.01. The van der Waals surface area contributed by atoms with E-state index in [4.69, 9.17) is 4.74 Å². The number of piperidine rings is 1. The summed E-state index contributed by atoms with van der Waals surface area (Å²) in [6.45, 7) is 3.57. The molecule has 2 aromatic carbocycles. The van der Waals surface area contributed by atoms with Crippen LogP contribution >= 0.6 is 0 Å². The number of rotatable bonds is 6. The van der Waals surface area contributed by atoms with Gasteiger partial charge >= 0.3 is 0 Å². The summed E-state index contributed by atoms with van der Waals surface area (Å²) >= 11 is 0. The van der Waals surface area contributed by atoms with E-state index in [0.29, 0.717) is 43.2 Å². The summed E-state index contributed by atoms with van der Waals surface area (Å²) in [5, 5.41) is 7.05. The van der Waals surface area contributed by atoms with Crippen molar-refractivity contribution in [3.8, 4) is 0 Å². The van der Waals surface area contributed by atoms with Crippen LogP contribution in [0.25, 0.3) is 0 Å². The molecule has 8 nitrogen and oxygen atoms in total. The van der Waals surface area contributed by atoms with Gasteiger partial charge in [-0.1, -0.05) is 37.1 Å². The number of likely N-dealkylation sites (tertiary alicyclic amines) is 1. The first-order valence-electron chi connectivity index (χ1n) is 16.3. The van der Waals surface area contributed by atoms with Crippen LogP contribution in [-0.2, 0) is 9.53 Å². The minimum atomic E-state index is -0.530. The van der Waals surface area contributed by atoms with Crippen LogP contribution < -0.4 is 21.5 Å². The number of benzene rings is 2. The van der Waals surface area contributed by atoms with Crippen LogP contribution in [0.15, 0.2) is 42.5 Å². The Kier molecular flexibility index (Phi) is 8.14. The van der Waals surface area contributed by atoms with Crippen molar-refractivity contribution in [2.75, 3.05) is 25.1 Å². The molecular weight excluding hydrogens is 545 g/mol. The SMILES string of the molecule is Cc1cccc(F)c1C(=O)N1[C@@H]2COC[C@@H]2C[C@H](C(=O)NC2CCC3NNCC3C2)[C@@H]1c1ccc(NC2CCCC2)cc1. The minimum absolute atomic E-state index is 0.0188. The molecule has 2 amide bonds. The summed E-state index contributed by atoms with van der Waals surface area (Å²) in [6.07, 6.45) is 8.35. The van der Waals surface area contributed by atoms with E-state index >= 15 is 4.39 Å². The molecule has 2 saturated carbocycles. The van der Waals surface area contributed by atoms with Crippen LogP contribution in [0, 0.1) is 30.5 Å². The molecule has 0 radical (unpaired) electrons. The third-order valence-electron chi connectivity index (χ3n) is 10.7. The smallest absolute Gasteiger partial charge is 0.257 e. The molecular formula is C34H44FN5O3. The average Bonchev–Trinajstić information content (AvgIpc) is 3.78. The monoisotopic (exact) mass is 589 g/mol. The Bertz CT molecular complexity index is 1310. The molecule has 5 fully saturated rings. The number of halogens is 1. The van der Waals surface area contributed by atoms with Gasteiger partial charge in [-0.2, -0.15) is 0 Å². The van der Waals surface area contributed by atoms with Gasteiger partial charge in [-0.05, 0) is 80.7 Å². The molecule has 230 valence electrons. The first-order chi connectivity index (χ1) is 21.0. The summed E-state index contributed by atoms with van der Waals surface area (Å²) < 4.78 is 21.2. The summed E-state index contributed by atoms with van der Waals surface area (Å²) in [7, 11) is 0. The number of hydrogen-bond acceptors (Lipinski definition) is 6. The van der Waals surface area contributed by atoms with Crippen LogP contribution in [0.3, 0.4) is 0 Å². The minimum Gasteiger partial charge on any atom is -0.382 e. The van der Waals surface area contributed by atoms with Gasteiger partial charge in [0.25, 0.3) is 5.91 Å². The summed E-state index contributed by atoms with van der Waals surface area (Å²) in [5.74, 6) is -0.868. The second kappa shape index (κ2) is 12.2. The first-order valence-corrected chi connectivity index (χ1v) is 16.3. The van der Waals surface area contributed by atoms with Crippen molar-refractivity contribution in [2.45, 2.75) is 88.5 Å². The standard InChI is InChI=1S/C34H44FN5O3/c1-20-5-4-8-28(35)31(20)34(42)40-30-19-43-18-23(30)16-27(33(41)38-26-13-14-29-22(15-26)17-36-39-29)32(40)21-9-11-25(12-10-21)37-24-6-2-3-7-24/h4-5,8-12,22-24,26-27,29-30,32,36-37,39H,2-3,6-7,13-19H2,1H3,(H,38,41)/t22?,23-,26?,27-,29?,30+,32-/m0/s1. The summed E-state index contributed by atoms with van der Waals surface area (Å²) in [5.41, 5.74) is 9.26. The third-order valence-corrected chi connectivity index (χ3v) is 10.7. The van der Waals surface area contributed by atoms with Crippen molar-refractivity contribution in [2.24, 2.45) is 17.8 Å². The van der Waals surface area contributed by atoms with Crippen LogP contribution in [-0.4, -0.2) is 60.6 Å². The lowest BCUT2D eigenvalue weighted by molar-refractivity contribution is -0.131. The number of carbonyl (C=O) groups excluding carboxylic acids is 2. The average molecular weight is 590 g/mol. The molecule has 4 N–H and O–H groups in total. The topological polar surface area (TPSA) is 94.7 Å². The lowest BCUT2D eigenvalue weighted by Gasteiger charge is -2.47. The molecule has 2 aromatic rings. The van der Waals surface area contributed by atoms with Crippen molar-refractivity contribution < 1.29 is 18.7 Å². The molecule has 0 aromatic heterocycles. The molecule has 7 atom stereocenters. The van der Waals surface area contributed by atoms with E-state index < -0.39 is 17.8 Å². The number of carbonyl (C=O) groups is 2. The zero-order valence-corrected chi connectivity index (χ0v) is 25.0. The summed E-state index contributed by atoms with van der Waals surface area (Å²) in [4.78, 5) is 30.5. The van der Waals surface area contributed by atoms with E-state index in [-0.39, 0.29) is 35.4 Å². The molecule has 3 unspecified atom stereocenters. The second-order valence-electron chi connectivity index (χ2n) is 13.5. The first kappa shape index (κ1) is 28.7. The number of anilines is 1. The number of nitrogens with one attached hydrogen (secondary N) is 4. The predicted octanol–water partition coefficient (Wildman–Crippen LogP) is 4.47. The molecule has 0 spiro atoms. The van der Waals surface area contributed by atoms with E-state index in [0.717, 1.165) is 37.1 Å². The molecule has 3 aliphatic heterocycles. The Morgan fingerprint density at radius 1 is 0.953 bits per heavy atom. The van der Waals surface area contributed by atoms with Gasteiger partial charge in [0.05, 0.1) is 36.8 Å². The third kappa shape index (κ3) is 5.67. The molecule has 0 bridgehead atoms. The maximum Gasteiger partial charge on any atom is 0.257 e. The van der Waals surface area contributed by atoms with Crippen molar-refractivity contribution in [3.63, 3.8) is 0 Å². The number of fused-ring (bicyclic) bond motifs is 2. The van der Waals surface area contributed by atoms with Gasteiger partial charge in [-0.3, -0.25) is 20.4 Å². The normalized spacial score (nSPS) is 32.3. The Morgan fingerprint density at radius 3 is 2.56 bits per heavy atom. The lowest BCUT2D eigenvalue weighted by atomic mass is 9.75. The number of aryl methyl sites for hydroxylation is 1. The van der Waals surface area contributed by atoms with Crippen LogP contribution in [0.1, 0.15) is 78.9 Å². The number of hydrazine groups is 1. The highest BCUT2D eigenvalue weighted by molar-refractivity contribution is 5.97. The van der Waals surface area contributed by atoms with Crippen LogP contribution in [0.4, 0.5) is 10.1 Å². The largest absolute Gasteiger partial charge is 0.382 e. The predicted molar refractivity (Wildman–Crippen MR) is 163 cm³/mol. The molecule has 7 rings (SSSR count). The molecule has 9 heteroatoms. The fourth-order valence-electron chi connectivity index (χ4n) is 8.45. The van der Waals surface area contributed by atoms with Crippen molar-refractivity contribution in [3.05, 3.63) is 65.0 Å². The van der Waals surface area contributed by atoms with Gasteiger partial charge in [-0.25, -0.2) is 4.39 Å². The van der Waals surface area contributed by atoms with E-state index in [1.54, 1.807) is 24.0 Å². The fourth-order valence-corrected chi connectivity index (χ4v) is 8.45. The Labute approximate surface area is 253 Å². The molecule has 2 aliphatic carbocycles. The van der Waals surface area contributed by atoms with Gasteiger partial charge in [-0.15, -0.1) is 0 Å². The zero-order valence-electron chi connectivity index (χ0n) is 25.0. The van der Waals surface area contributed by atoms with Crippen molar-refractivity contribution >= 4 is 17.5 Å². The van der Waals surface area contributed by atoms with Crippen LogP contribution in [0.5, 0.6) is 0 Å². The van der Waals surface area contributed by atoms with Crippen LogP contribution in [0.2, 0.25) is 0 Å². The number of hydrogen-bond donors (Lipinski definition) is 4.